The van der Waals surface area contributed by atoms with E-state index < -0.39 is 0 Å². The van der Waals surface area contributed by atoms with Gasteiger partial charge in [-0.15, -0.1) is 0 Å². The molecule has 0 rings (SSSR count). The Balaban J connectivity index is 4.93. The van der Waals surface area contributed by atoms with Crippen LogP contribution in [0.25, 0.3) is 0 Å². The van der Waals surface area contributed by atoms with E-state index in [1.807, 2.05) is 27.7 Å². The van der Waals surface area contributed by atoms with Crippen molar-refractivity contribution in [2.24, 2.45) is 4.99 Å². The van der Waals surface area contributed by atoms with Gasteiger partial charge in [0.2, 0.25) is 11.8 Å². The van der Waals surface area contributed by atoms with Gasteiger partial charge in [0, 0.05) is 32.7 Å². The van der Waals surface area contributed by atoms with Gasteiger partial charge in [0.05, 0.1) is 6.54 Å². The van der Waals surface area contributed by atoms with Crippen LogP contribution in [-0.4, -0.2) is 73.4 Å². The van der Waals surface area contributed by atoms with E-state index in [9.17, 15) is 9.59 Å². The molecule has 0 aliphatic carbocycles. The first-order chi connectivity index (χ1) is 10.5. The molecule has 0 saturated heterocycles. The number of carbonyl (C=O) groups is 2. The zero-order valence-electron chi connectivity index (χ0n) is 15.9. The average Bonchev–Trinajstić information content (AvgIpc) is 2.39. The molecular formula is C16H33N5O2. The number of nitrogens with zero attached hydrogens (tertiary/aromatic N) is 3. The van der Waals surface area contributed by atoms with E-state index >= 15 is 0 Å². The van der Waals surface area contributed by atoms with E-state index in [4.69, 9.17) is 0 Å². The van der Waals surface area contributed by atoms with Gasteiger partial charge in [-0.3, -0.25) is 9.59 Å². The molecule has 23 heavy (non-hydrogen) atoms. The van der Waals surface area contributed by atoms with Gasteiger partial charge in [-0.25, -0.2) is 4.99 Å². The monoisotopic (exact) mass is 327 g/mol. The molecule has 0 bridgehead atoms. The van der Waals surface area contributed by atoms with E-state index in [1.54, 1.807) is 26.0 Å². The Morgan fingerprint density at radius 3 is 2.17 bits per heavy atom. The third-order valence-corrected chi connectivity index (χ3v) is 3.11. The van der Waals surface area contributed by atoms with Crippen molar-refractivity contribution in [2.75, 3.05) is 34.2 Å². The number of likely N-dealkylation sites (N-methyl/N-ethyl adjacent to an activating group) is 2. The van der Waals surface area contributed by atoms with Crippen molar-refractivity contribution in [3.8, 4) is 0 Å². The van der Waals surface area contributed by atoms with E-state index in [1.165, 1.54) is 4.90 Å². The number of carbonyl (C=O) groups excluding carboxylic acids is 2. The topological polar surface area (TPSA) is 77.0 Å². The molecule has 0 aromatic carbocycles. The first-order valence-electron chi connectivity index (χ1n) is 7.99. The molecule has 2 amide bonds. The number of guanidine groups is 1. The molecule has 134 valence electrons. The number of hydrogen-bond acceptors (Lipinski definition) is 3. The normalized spacial score (nSPS) is 13.3. The highest BCUT2D eigenvalue weighted by Crippen LogP contribution is 1.99. The van der Waals surface area contributed by atoms with Crippen LogP contribution in [0, 0.1) is 0 Å². The lowest BCUT2D eigenvalue weighted by atomic mass is 10.1. The third kappa shape index (κ3) is 9.76. The minimum atomic E-state index is -0.278. The summed E-state index contributed by atoms with van der Waals surface area (Å²) >= 11 is 0. The Bertz CT molecular complexity index is 427. The van der Waals surface area contributed by atoms with Crippen molar-refractivity contribution in [1.29, 1.82) is 0 Å². The Morgan fingerprint density at radius 1 is 1.17 bits per heavy atom. The molecule has 0 heterocycles. The van der Waals surface area contributed by atoms with Gasteiger partial charge in [-0.2, -0.15) is 0 Å². The van der Waals surface area contributed by atoms with Crippen molar-refractivity contribution >= 4 is 17.8 Å². The summed E-state index contributed by atoms with van der Waals surface area (Å²) in [5.41, 5.74) is -0.278. The summed E-state index contributed by atoms with van der Waals surface area (Å²) in [5, 5.41) is 6.17. The molecule has 0 fully saturated rings. The van der Waals surface area contributed by atoms with Crippen molar-refractivity contribution in [2.45, 2.75) is 52.6 Å². The fraction of sp³-hybridized carbons (Fsp3) is 0.812. The van der Waals surface area contributed by atoms with Crippen LogP contribution in [0.1, 0.15) is 41.0 Å². The molecule has 7 heteroatoms. The summed E-state index contributed by atoms with van der Waals surface area (Å²) in [5.74, 6) is 0.386. The predicted molar refractivity (Wildman–Crippen MR) is 94.4 cm³/mol. The molecule has 1 atom stereocenters. The van der Waals surface area contributed by atoms with Crippen LogP contribution in [0.3, 0.4) is 0 Å². The molecule has 2 N–H and O–H groups in total. The van der Waals surface area contributed by atoms with Crippen LogP contribution >= 0.6 is 0 Å². The zero-order chi connectivity index (χ0) is 18.2. The molecule has 1 unspecified atom stereocenters. The second-order valence-corrected chi connectivity index (χ2v) is 7.04. The van der Waals surface area contributed by atoms with Gasteiger partial charge in [0.15, 0.2) is 5.96 Å². The third-order valence-electron chi connectivity index (χ3n) is 3.11. The minimum Gasteiger partial charge on any atom is -0.354 e. The lowest BCUT2D eigenvalue weighted by Crippen LogP contribution is -2.50. The fourth-order valence-corrected chi connectivity index (χ4v) is 1.63. The quantitative estimate of drug-likeness (QED) is 0.555. The van der Waals surface area contributed by atoms with Crippen LogP contribution in [0.5, 0.6) is 0 Å². The highest BCUT2D eigenvalue weighted by atomic mass is 16.2. The van der Waals surface area contributed by atoms with Gasteiger partial charge in [0.25, 0.3) is 0 Å². The van der Waals surface area contributed by atoms with Crippen LogP contribution in [0.2, 0.25) is 0 Å². The Hall–Kier alpha value is -1.79. The van der Waals surface area contributed by atoms with Crippen molar-refractivity contribution in [3.63, 3.8) is 0 Å². The van der Waals surface area contributed by atoms with Gasteiger partial charge in [0.1, 0.15) is 6.54 Å². The smallest absolute Gasteiger partial charge is 0.243 e. The van der Waals surface area contributed by atoms with Crippen LogP contribution in [-0.2, 0) is 9.59 Å². The maximum Gasteiger partial charge on any atom is 0.243 e. The molecule has 0 aliphatic heterocycles. The second kappa shape index (κ2) is 9.37. The zero-order valence-corrected chi connectivity index (χ0v) is 15.9. The van der Waals surface area contributed by atoms with Crippen LogP contribution < -0.4 is 10.6 Å². The second-order valence-electron chi connectivity index (χ2n) is 7.04. The number of hydrogen-bond donors (Lipinski definition) is 2. The summed E-state index contributed by atoms with van der Waals surface area (Å²) in [7, 11) is 5.18. The summed E-state index contributed by atoms with van der Waals surface area (Å²) in [6, 6.07) is 0.205. The average molecular weight is 327 g/mol. The summed E-state index contributed by atoms with van der Waals surface area (Å²) in [4.78, 5) is 31.4. The number of rotatable bonds is 6. The standard InChI is InChI=1S/C16H33N5O2/c1-9-12(2)18-15(17-10-14(23)20(6)7)21(8)11-13(22)19-16(3,4)5/h12H,9-11H2,1-8H3,(H,17,18)(H,19,22). The highest BCUT2D eigenvalue weighted by molar-refractivity contribution is 5.88. The Morgan fingerprint density at radius 2 is 1.74 bits per heavy atom. The van der Waals surface area contributed by atoms with Crippen molar-refractivity contribution < 1.29 is 9.59 Å². The molecule has 7 nitrogen and oxygen atoms in total. The molecule has 0 radical (unpaired) electrons. The molecule has 0 aromatic heterocycles. The number of nitrogens with one attached hydrogen (secondary N) is 2. The largest absolute Gasteiger partial charge is 0.354 e. The molecule has 0 aromatic rings. The molecule has 0 spiro atoms. The molecular weight excluding hydrogens is 294 g/mol. The SMILES string of the molecule is CCC(C)NC(=NCC(=O)N(C)C)N(C)CC(=O)NC(C)(C)C. The predicted octanol–water partition coefficient (Wildman–Crippen LogP) is 0.665. The van der Waals surface area contributed by atoms with Gasteiger partial charge >= 0.3 is 0 Å². The number of amides is 2. The first-order valence-corrected chi connectivity index (χ1v) is 7.99. The molecule has 0 saturated carbocycles. The maximum atomic E-state index is 12.1. The Labute approximate surface area is 140 Å². The molecule has 0 aliphatic rings. The van der Waals surface area contributed by atoms with E-state index in [0.717, 1.165) is 6.42 Å². The van der Waals surface area contributed by atoms with E-state index in [0.29, 0.717) is 5.96 Å². The summed E-state index contributed by atoms with van der Waals surface area (Å²) < 4.78 is 0. The van der Waals surface area contributed by atoms with Crippen molar-refractivity contribution in [1.82, 2.24) is 20.4 Å². The van der Waals surface area contributed by atoms with E-state index in [-0.39, 0.29) is 36.5 Å². The van der Waals surface area contributed by atoms with Gasteiger partial charge < -0.3 is 20.4 Å². The lowest BCUT2D eigenvalue weighted by molar-refractivity contribution is -0.127. The number of aliphatic imine (C=N–C) groups is 1. The van der Waals surface area contributed by atoms with E-state index in [2.05, 4.69) is 22.5 Å². The van der Waals surface area contributed by atoms with Crippen LogP contribution in [0.4, 0.5) is 0 Å². The Kier molecular flexibility index (Phi) is 8.64. The maximum absolute atomic E-state index is 12.1. The fourth-order valence-electron chi connectivity index (χ4n) is 1.63. The van der Waals surface area contributed by atoms with Crippen LogP contribution in [0.15, 0.2) is 4.99 Å². The summed E-state index contributed by atoms with van der Waals surface area (Å²) in [6.07, 6.45) is 0.919. The minimum absolute atomic E-state index is 0.0526. The lowest BCUT2D eigenvalue weighted by Gasteiger charge is -2.27. The highest BCUT2D eigenvalue weighted by Gasteiger charge is 2.18. The van der Waals surface area contributed by atoms with Gasteiger partial charge in [-0.1, -0.05) is 6.92 Å². The summed E-state index contributed by atoms with van der Waals surface area (Å²) in [6.45, 7) is 10.1. The first kappa shape index (κ1) is 21.2. The van der Waals surface area contributed by atoms with Crippen molar-refractivity contribution in [3.05, 3.63) is 0 Å². The van der Waals surface area contributed by atoms with Gasteiger partial charge in [-0.05, 0) is 34.1 Å².